The predicted molar refractivity (Wildman–Crippen MR) is 55.3 cm³/mol. The van der Waals surface area contributed by atoms with Crippen LogP contribution in [0.1, 0.15) is 34.1 Å². The van der Waals surface area contributed by atoms with E-state index < -0.39 is 5.79 Å². The van der Waals surface area contributed by atoms with Crippen LogP contribution < -0.4 is 0 Å². The van der Waals surface area contributed by atoms with Crippen molar-refractivity contribution < 1.29 is 19.0 Å². The molecule has 0 amide bonds. The number of esters is 1. The Bertz CT molecular complexity index is 225. The summed E-state index contributed by atoms with van der Waals surface area (Å²) in [5.74, 6) is -0.808. The lowest BCUT2D eigenvalue weighted by atomic mass is 10.0. The molecule has 0 N–H and O–H groups in total. The molecule has 0 unspecified atom stereocenters. The van der Waals surface area contributed by atoms with E-state index in [0.29, 0.717) is 19.6 Å². The summed E-state index contributed by atoms with van der Waals surface area (Å²) < 4.78 is 16.0. The van der Waals surface area contributed by atoms with Crippen molar-refractivity contribution in [1.82, 2.24) is 0 Å². The van der Waals surface area contributed by atoms with Gasteiger partial charge in [-0.15, -0.1) is 0 Å². The topological polar surface area (TPSA) is 44.8 Å². The molecule has 1 aliphatic heterocycles. The Hall–Kier alpha value is -0.610. The van der Waals surface area contributed by atoms with E-state index in [-0.39, 0.29) is 18.0 Å². The van der Waals surface area contributed by atoms with Crippen LogP contribution in [0.3, 0.4) is 0 Å². The van der Waals surface area contributed by atoms with Gasteiger partial charge in [0.05, 0.1) is 25.2 Å². The van der Waals surface area contributed by atoms with Crippen molar-refractivity contribution in [1.29, 1.82) is 0 Å². The summed E-state index contributed by atoms with van der Waals surface area (Å²) in [6.45, 7) is 8.40. The molecule has 1 saturated heterocycles. The third kappa shape index (κ3) is 3.80. The van der Waals surface area contributed by atoms with Crippen molar-refractivity contribution >= 4 is 5.97 Å². The first kappa shape index (κ1) is 12.5. The number of hydrogen-bond acceptors (Lipinski definition) is 4. The van der Waals surface area contributed by atoms with Crippen LogP contribution in [0.5, 0.6) is 0 Å². The van der Waals surface area contributed by atoms with Crippen LogP contribution in [-0.2, 0) is 19.0 Å². The third-order valence-corrected chi connectivity index (χ3v) is 2.37. The molecule has 0 aromatic heterocycles. The minimum absolute atomic E-state index is 0.000550. The third-order valence-electron chi connectivity index (χ3n) is 2.37. The van der Waals surface area contributed by atoms with Crippen molar-refractivity contribution in [2.75, 3.05) is 13.2 Å². The fourth-order valence-corrected chi connectivity index (χ4v) is 1.65. The fraction of sp³-hybridized carbons (Fsp3) is 0.909. The van der Waals surface area contributed by atoms with E-state index in [1.807, 2.05) is 27.7 Å². The molecule has 4 heteroatoms. The van der Waals surface area contributed by atoms with Crippen LogP contribution in [0.15, 0.2) is 0 Å². The zero-order chi connectivity index (χ0) is 11.5. The van der Waals surface area contributed by atoms with Gasteiger partial charge in [-0.2, -0.15) is 0 Å². The van der Waals surface area contributed by atoms with E-state index in [0.717, 1.165) is 0 Å². The van der Waals surface area contributed by atoms with Gasteiger partial charge < -0.3 is 14.2 Å². The van der Waals surface area contributed by atoms with Gasteiger partial charge in [-0.1, -0.05) is 6.92 Å². The molecule has 1 rings (SSSR count). The van der Waals surface area contributed by atoms with Crippen LogP contribution in [0.25, 0.3) is 0 Å². The number of carbonyl (C=O) groups excluding carboxylic acids is 1. The minimum Gasteiger partial charge on any atom is -0.466 e. The smallest absolute Gasteiger partial charge is 0.308 e. The molecular formula is C11H20O4. The van der Waals surface area contributed by atoms with Gasteiger partial charge in [0.15, 0.2) is 5.79 Å². The normalized spacial score (nSPS) is 26.3. The summed E-state index contributed by atoms with van der Waals surface area (Å²) >= 11 is 0. The zero-order valence-electron chi connectivity index (χ0n) is 9.91. The van der Waals surface area contributed by atoms with Crippen LogP contribution in [0.2, 0.25) is 0 Å². The van der Waals surface area contributed by atoms with Gasteiger partial charge in [-0.05, 0) is 27.2 Å². The lowest BCUT2D eigenvalue weighted by Crippen LogP contribution is -2.25. The first-order valence-corrected chi connectivity index (χ1v) is 5.43. The van der Waals surface area contributed by atoms with Crippen LogP contribution in [0.4, 0.5) is 0 Å². The first-order chi connectivity index (χ1) is 6.94. The summed E-state index contributed by atoms with van der Waals surface area (Å²) in [6, 6.07) is 0. The molecule has 0 radical (unpaired) electrons. The highest BCUT2D eigenvalue weighted by Gasteiger charge is 2.34. The molecule has 0 bridgehead atoms. The molecule has 2 atom stereocenters. The molecule has 1 aliphatic rings. The molecule has 15 heavy (non-hydrogen) atoms. The van der Waals surface area contributed by atoms with Gasteiger partial charge in [0.25, 0.3) is 0 Å². The lowest BCUT2D eigenvalue weighted by molar-refractivity contribution is -0.153. The van der Waals surface area contributed by atoms with Crippen molar-refractivity contribution in [2.24, 2.45) is 5.92 Å². The summed E-state index contributed by atoms with van der Waals surface area (Å²) in [6.07, 6.45) is 0.654. The molecule has 0 saturated carbocycles. The van der Waals surface area contributed by atoms with Crippen LogP contribution in [0, 0.1) is 5.92 Å². The number of rotatable bonds is 4. The van der Waals surface area contributed by atoms with Gasteiger partial charge in [-0.25, -0.2) is 0 Å². The summed E-state index contributed by atoms with van der Waals surface area (Å²) in [5, 5.41) is 0. The summed E-state index contributed by atoms with van der Waals surface area (Å²) in [4.78, 5) is 11.4. The standard InChI is InChI=1S/C11H20O4/c1-5-13-10(12)8(2)6-9-7-14-11(3,4)15-9/h8-9H,5-7H2,1-4H3/t8-,9+/m1/s1. The Morgan fingerprint density at radius 2 is 2.27 bits per heavy atom. The monoisotopic (exact) mass is 216 g/mol. The molecule has 1 heterocycles. The maximum absolute atomic E-state index is 11.4. The van der Waals surface area contributed by atoms with Gasteiger partial charge >= 0.3 is 5.97 Å². The van der Waals surface area contributed by atoms with Crippen molar-refractivity contribution in [2.45, 2.75) is 46.0 Å². The van der Waals surface area contributed by atoms with Gasteiger partial charge in [-0.3, -0.25) is 4.79 Å². The Morgan fingerprint density at radius 1 is 1.60 bits per heavy atom. The largest absolute Gasteiger partial charge is 0.466 e. The molecular weight excluding hydrogens is 196 g/mol. The molecule has 0 aromatic rings. The van der Waals surface area contributed by atoms with E-state index in [4.69, 9.17) is 14.2 Å². The van der Waals surface area contributed by atoms with E-state index in [9.17, 15) is 4.79 Å². The van der Waals surface area contributed by atoms with E-state index in [2.05, 4.69) is 0 Å². The van der Waals surface area contributed by atoms with E-state index in [1.54, 1.807) is 0 Å². The fourth-order valence-electron chi connectivity index (χ4n) is 1.65. The molecule has 0 aliphatic carbocycles. The van der Waals surface area contributed by atoms with Crippen molar-refractivity contribution in [3.05, 3.63) is 0 Å². The zero-order valence-corrected chi connectivity index (χ0v) is 9.91. The number of hydrogen-bond donors (Lipinski definition) is 0. The average molecular weight is 216 g/mol. The second kappa shape index (κ2) is 4.94. The van der Waals surface area contributed by atoms with Crippen LogP contribution >= 0.6 is 0 Å². The first-order valence-electron chi connectivity index (χ1n) is 5.43. The van der Waals surface area contributed by atoms with Gasteiger partial charge in [0, 0.05) is 0 Å². The van der Waals surface area contributed by atoms with Crippen molar-refractivity contribution in [3.8, 4) is 0 Å². The average Bonchev–Trinajstić information content (AvgIpc) is 2.46. The second-order valence-corrected chi connectivity index (χ2v) is 4.34. The van der Waals surface area contributed by atoms with Crippen LogP contribution in [-0.4, -0.2) is 31.1 Å². The molecule has 0 aromatic carbocycles. The highest BCUT2D eigenvalue weighted by Crippen LogP contribution is 2.26. The molecule has 0 spiro atoms. The number of ether oxygens (including phenoxy) is 3. The van der Waals surface area contributed by atoms with Gasteiger partial charge in [0.2, 0.25) is 0 Å². The Morgan fingerprint density at radius 3 is 2.73 bits per heavy atom. The summed E-state index contributed by atoms with van der Waals surface area (Å²) in [5.41, 5.74) is 0. The SMILES string of the molecule is CCOC(=O)[C@H](C)C[C@H]1COC(C)(C)O1. The quantitative estimate of drug-likeness (QED) is 0.671. The highest BCUT2D eigenvalue weighted by atomic mass is 16.7. The second-order valence-electron chi connectivity index (χ2n) is 4.34. The number of carbonyl (C=O) groups is 1. The maximum Gasteiger partial charge on any atom is 0.308 e. The predicted octanol–water partition coefficient (Wildman–Crippen LogP) is 1.73. The van der Waals surface area contributed by atoms with Gasteiger partial charge in [0.1, 0.15) is 0 Å². The van der Waals surface area contributed by atoms with Crippen molar-refractivity contribution in [3.63, 3.8) is 0 Å². The highest BCUT2D eigenvalue weighted by molar-refractivity contribution is 5.71. The molecule has 1 fully saturated rings. The Kier molecular flexibility index (Phi) is 4.11. The lowest BCUT2D eigenvalue weighted by Gasteiger charge is -2.18. The molecule has 88 valence electrons. The summed E-state index contributed by atoms with van der Waals surface area (Å²) in [7, 11) is 0. The Labute approximate surface area is 90.9 Å². The van der Waals surface area contributed by atoms with E-state index >= 15 is 0 Å². The maximum atomic E-state index is 11.4. The molecule has 4 nitrogen and oxygen atoms in total. The Balaban J connectivity index is 2.33. The van der Waals surface area contributed by atoms with E-state index in [1.165, 1.54) is 0 Å². The minimum atomic E-state index is -0.515.